The summed E-state index contributed by atoms with van der Waals surface area (Å²) in [5.41, 5.74) is 0. The molecule has 1 amide bonds. The van der Waals surface area contributed by atoms with E-state index in [0.29, 0.717) is 23.5 Å². The van der Waals surface area contributed by atoms with Crippen LogP contribution < -0.4 is 4.72 Å². The van der Waals surface area contributed by atoms with E-state index in [9.17, 15) is 23.3 Å². The van der Waals surface area contributed by atoms with Crippen molar-refractivity contribution >= 4 is 37.8 Å². The monoisotopic (exact) mass is 513 g/mol. The molecular weight excluding hydrogens is 490 g/mol. The van der Waals surface area contributed by atoms with Crippen molar-refractivity contribution in [1.29, 1.82) is 0 Å². The zero-order chi connectivity index (χ0) is 22.6. The summed E-state index contributed by atoms with van der Waals surface area (Å²) < 4.78 is 30.2. The first-order valence-corrected chi connectivity index (χ1v) is 12.2. The number of aryl methyl sites for hydroxylation is 1. The van der Waals surface area contributed by atoms with Crippen LogP contribution in [0.5, 0.6) is 0 Å². The van der Waals surface area contributed by atoms with Crippen LogP contribution in [0, 0.1) is 16.0 Å². The molecule has 2 aromatic rings. The fourth-order valence-electron chi connectivity index (χ4n) is 3.51. The van der Waals surface area contributed by atoms with Crippen molar-refractivity contribution in [3.05, 3.63) is 51.2 Å². The molecule has 2 heterocycles. The van der Waals surface area contributed by atoms with Crippen LogP contribution in [0.25, 0.3) is 0 Å². The number of hydrogen-bond acceptors (Lipinski definition) is 6. The Morgan fingerprint density at radius 2 is 2.03 bits per heavy atom. The zero-order valence-corrected chi connectivity index (χ0v) is 19.4. The van der Waals surface area contributed by atoms with Gasteiger partial charge >= 0.3 is 5.95 Å². The second-order valence-corrected chi connectivity index (χ2v) is 10.1. The van der Waals surface area contributed by atoms with E-state index in [-0.39, 0.29) is 29.7 Å². The van der Waals surface area contributed by atoms with E-state index in [0.717, 1.165) is 12.8 Å². The molecular formula is C19H24BrN5O5S. The average Bonchev–Trinajstić information content (AvgIpc) is 3.20. The first-order chi connectivity index (χ1) is 14.7. The fraction of sp³-hybridized carbons (Fsp3) is 0.474. The predicted octanol–water partition coefficient (Wildman–Crippen LogP) is 2.55. The number of hydrogen-bond donors (Lipinski definition) is 1. The number of carbonyl (C=O) groups excluding carboxylic acids is 1. The minimum absolute atomic E-state index is 0.0219. The number of likely N-dealkylation sites (tertiary alicyclic amines) is 1. The van der Waals surface area contributed by atoms with Gasteiger partial charge in [0, 0.05) is 24.0 Å². The van der Waals surface area contributed by atoms with Crippen LogP contribution in [0.4, 0.5) is 5.95 Å². The molecule has 1 fully saturated rings. The molecule has 168 valence electrons. The maximum atomic E-state index is 13.2. The van der Waals surface area contributed by atoms with Gasteiger partial charge in [-0.25, -0.2) is 13.0 Å². The number of benzene rings is 1. The molecule has 1 aliphatic rings. The van der Waals surface area contributed by atoms with Gasteiger partial charge in [0.15, 0.2) is 0 Å². The molecule has 0 saturated carbocycles. The van der Waals surface area contributed by atoms with Crippen molar-refractivity contribution in [2.24, 2.45) is 5.92 Å². The molecule has 1 aromatic carbocycles. The maximum absolute atomic E-state index is 13.2. The maximum Gasteiger partial charge on any atom is 0.434 e. The normalized spacial score (nSPS) is 16.3. The average molecular weight is 514 g/mol. The molecule has 1 N–H and O–H groups in total. The van der Waals surface area contributed by atoms with Gasteiger partial charge in [0.2, 0.25) is 15.9 Å². The molecule has 1 unspecified atom stereocenters. The van der Waals surface area contributed by atoms with Crippen molar-refractivity contribution < 1.29 is 18.1 Å². The first-order valence-electron chi connectivity index (χ1n) is 9.90. The molecule has 0 bridgehead atoms. The Bertz CT molecular complexity index is 1050. The highest BCUT2D eigenvalue weighted by Gasteiger charge is 2.32. The number of halogens is 1. The van der Waals surface area contributed by atoms with Crippen molar-refractivity contribution in [3.8, 4) is 0 Å². The minimum Gasteiger partial charge on any atom is -0.390 e. The molecule has 1 aromatic heterocycles. The zero-order valence-electron chi connectivity index (χ0n) is 17.0. The van der Waals surface area contributed by atoms with E-state index in [1.807, 2.05) is 0 Å². The van der Waals surface area contributed by atoms with Crippen LogP contribution in [0.2, 0.25) is 0 Å². The van der Waals surface area contributed by atoms with Crippen molar-refractivity contribution in [2.75, 3.05) is 13.1 Å². The summed E-state index contributed by atoms with van der Waals surface area (Å²) in [6.07, 6.45) is 4.48. The number of piperidine rings is 1. The van der Waals surface area contributed by atoms with Gasteiger partial charge in [0.25, 0.3) is 0 Å². The van der Waals surface area contributed by atoms with Crippen LogP contribution in [0.1, 0.15) is 26.2 Å². The van der Waals surface area contributed by atoms with E-state index < -0.39 is 21.0 Å². The third kappa shape index (κ3) is 5.69. The molecule has 1 saturated heterocycles. The lowest BCUT2D eigenvalue weighted by Gasteiger charge is -2.33. The SMILES string of the molecule is CC1CCN(C(=O)C(CCn2ccnc2[N+](=O)[O-])NS(=O)(=O)c2ccccc2Br)CC1. The summed E-state index contributed by atoms with van der Waals surface area (Å²) in [4.78, 5) is 29.1. The quantitative estimate of drug-likeness (QED) is 0.426. The summed E-state index contributed by atoms with van der Waals surface area (Å²) in [7, 11) is -4.01. The van der Waals surface area contributed by atoms with Crippen molar-refractivity contribution in [2.45, 2.75) is 43.7 Å². The van der Waals surface area contributed by atoms with E-state index in [4.69, 9.17) is 0 Å². The number of nitrogens with one attached hydrogen (secondary N) is 1. The first kappa shape index (κ1) is 23.4. The summed E-state index contributed by atoms with van der Waals surface area (Å²) in [5.74, 6) is -0.176. The molecule has 10 nitrogen and oxygen atoms in total. The van der Waals surface area contributed by atoms with Crippen LogP contribution in [0.3, 0.4) is 0 Å². The van der Waals surface area contributed by atoms with E-state index >= 15 is 0 Å². The number of nitrogens with zero attached hydrogens (tertiary/aromatic N) is 4. The number of sulfonamides is 1. The molecule has 3 rings (SSSR count). The lowest BCUT2D eigenvalue weighted by molar-refractivity contribution is -0.396. The third-order valence-corrected chi connectivity index (χ3v) is 7.82. The Kier molecular flexibility index (Phi) is 7.44. The third-order valence-electron chi connectivity index (χ3n) is 5.33. The van der Waals surface area contributed by atoms with Gasteiger partial charge in [0.05, 0.1) is 11.4 Å². The molecule has 1 atom stereocenters. The van der Waals surface area contributed by atoms with Crippen molar-refractivity contribution in [1.82, 2.24) is 19.2 Å². The lowest BCUT2D eigenvalue weighted by atomic mass is 9.98. The lowest BCUT2D eigenvalue weighted by Crippen LogP contribution is -2.51. The Hall–Kier alpha value is -2.31. The van der Waals surface area contributed by atoms with Gasteiger partial charge in [0.1, 0.15) is 18.4 Å². The number of aromatic nitrogens is 2. The van der Waals surface area contributed by atoms with Gasteiger partial charge < -0.3 is 15.0 Å². The standard InChI is InChI=1S/C19H24BrN5O5S/c1-14-6-10-23(11-7-14)18(26)16(8-12-24-13-9-21-19(24)25(27)28)22-31(29,30)17-5-3-2-4-15(17)20/h2-5,9,13-14,16,22H,6-8,10-12H2,1H3. The summed E-state index contributed by atoms with van der Waals surface area (Å²) in [6.45, 7) is 3.29. The highest BCUT2D eigenvalue weighted by atomic mass is 79.9. The van der Waals surface area contributed by atoms with Gasteiger partial charge in [-0.05, 0) is 51.7 Å². The van der Waals surface area contributed by atoms with Gasteiger partial charge in [-0.15, -0.1) is 0 Å². The fourth-order valence-corrected chi connectivity index (χ4v) is 5.74. The van der Waals surface area contributed by atoms with E-state index in [2.05, 4.69) is 32.6 Å². The topological polar surface area (TPSA) is 127 Å². The number of carbonyl (C=O) groups is 1. The highest BCUT2D eigenvalue weighted by Crippen LogP contribution is 2.23. The van der Waals surface area contributed by atoms with E-state index in [1.165, 1.54) is 23.0 Å². The molecule has 31 heavy (non-hydrogen) atoms. The smallest absolute Gasteiger partial charge is 0.390 e. The van der Waals surface area contributed by atoms with Gasteiger partial charge in [-0.2, -0.15) is 4.72 Å². The molecule has 0 aliphatic carbocycles. The van der Waals surface area contributed by atoms with Gasteiger partial charge in [-0.3, -0.25) is 4.79 Å². The number of rotatable bonds is 8. The molecule has 1 aliphatic heterocycles. The summed E-state index contributed by atoms with van der Waals surface area (Å²) >= 11 is 3.24. The van der Waals surface area contributed by atoms with Crippen molar-refractivity contribution in [3.63, 3.8) is 0 Å². The van der Waals surface area contributed by atoms with Crippen LogP contribution in [0.15, 0.2) is 46.0 Å². The van der Waals surface area contributed by atoms with Gasteiger partial charge in [-0.1, -0.05) is 24.0 Å². The number of nitro groups is 1. The van der Waals surface area contributed by atoms with Crippen LogP contribution in [-0.2, 0) is 21.4 Å². The Labute approximate surface area is 189 Å². The van der Waals surface area contributed by atoms with Crippen LogP contribution >= 0.6 is 15.9 Å². The highest BCUT2D eigenvalue weighted by molar-refractivity contribution is 9.10. The Morgan fingerprint density at radius 3 is 2.68 bits per heavy atom. The predicted molar refractivity (Wildman–Crippen MR) is 117 cm³/mol. The second-order valence-electron chi connectivity index (χ2n) is 7.58. The summed E-state index contributed by atoms with van der Waals surface area (Å²) in [5, 5.41) is 11.1. The second kappa shape index (κ2) is 9.88. The van der Waals surface area contributed by atoms with Crippen LogP contribution in [-0.4, -0.2) is 52.8 Å². The number of amides is 1. The molecule has 12 heteroatoms. The Balaban J connectivity index is 1.83. The minimum atomic E-state index is -4.01. The van der Waals surface area contributed by atoms with E-state index in [1.54, 1.807) is 23.1 Å². The Morgan fingerprint density at radius 1 is 1.35 bits per heavy atom. The number of imidazole rings is 1. The molecule has 0 spiro atoms. The molecule has 0 radical (unpaired) electrons. The largest absolute Gasteiger partial charge is 0.434 e. The summed E-state index contributed by atoms with van der Waals surface area (Å²) in [6, 6.07) is 5.27.